The van der Waals surface area contributed by atoms with Gasteiger partial charge in [-0.05, 0) is 36.7 Å². The Labute approximate surface area is 134 Å². The maximum atomic E-state index is 12.0. The van der Waals surface area contributed by atoms with Crippen molar-refractivity contribution in [1.29, 1.82) is 0 Å². The number of amides is 1. The monoisotopic (exact) mass is 305 g/mol. The molecule has 0 bridgehead atoms. The molecule has 5 nitrogen and oxygen atoms in total. The van der Waals surface area contributed by atoms with Crippen molar-refractivity contribution in [3.05, 3.63) is 53.9 Å². The number of nitrogens with one attached hydrogen (secondary N) is 1. The van der Waals surface area contributed by atoms with Crippen LogP contribution in [0, 0.1) is 6.07 Å². The summed E-state index contributed by atoms with van der Waals surface area (Å²) in [6.07, 6.45) is 4.62. The van der Waals surface area contributed by atoms with E-state index in [9.17, 15) is 4.79 Å². The Bertz CT molecular complexity index is 880. The van der Waals surface area contributed by atoms with Gasteiger partial charge in [0.1, 0.15) is 5.65 Å². The van der Waals surface area contributed by atoms with Gasteiger partial charge in [-0.2, -0.15) is 0 Å². The number of benzene rings is 1. The predicted octanol–water partition coefficient (Wildman–Crippen LogP) is 2.33. The molecule has 1 amide bonds. The summed E-state index contributed by atoms with van der Waals surface area (Å²) < 4.78 is 0. The largest absolute Gasteiger partial charge is 0.366 e. The van der Waals surface area contributed by atoms with Crippen LogP contribution in [0.25, 0.3) is 22.2 Å². The topological polar surface area (TPSA) is 75.0 Å². The summed E-state index contributed by atoms with van der Waals surface area (Å²) in [5.41, 5.74) is 9.66. The first-order valence-corrected chi connectivity index (χ1v) is 7.71. The molecule has 0 atom stereocenters. The van der Waals surface area contributed by atoms with Crippen LogP contribution in [0.2, 0.25) is 0 Å². The summed E-state index contributed by atoms with van der Waals surface area (Å²) >= 11 is 0. The van der Waals surface area contributed by atoms with E-state index in [1.54, 1.807) is 12.4 Å². The SMILES string of the molecule is NC(=O)c1c(-c2cccc(CN3CCC3)c2)cnc2[nH]c[c]c12. The zero-order chi connectivity index (χ0) is 15.8. The molecule has 1 fully saturated rings. The van der Waals surface area contributed by atoms with Crippen molar-refractivity contribution in [2.24, 2.45) is 5.73 Å². The van der Waals surface area contributed by atoms with Crippen LogP contribution < -0.4 is 5.73 Å². The fourth-order valence-electron chi connectivity index (χ4n) is 3.05. The summed E-state index contributed by atoms with van der Waals surface area (Å²) in [6.45, 7) is 3.25. The van der Waals surface area contributed by atoms with E-state index in [1.807, 2.05) is 12.1 Å². The first kappa shape index (κ1) is 14.0. The predicted molar refractivity (Wildman–Crippen MR) is 88.8 cm³/mol. The number of carbonyl (C=O) groups is 1. The second-order valence-corrected chi connectivity index (χ2v) is 5.90. The lowest BCUT2D eigenvalue weighted by atomic mass is 9.97. The number of nitrogens with two attached hydrogens (primary N) is 1. The number of likely N-dealkylation sites (tertiary alicyclic amines) is 1. The van der Waals surface area contributed by atoms with Gasteiger partial charge in [0.25, 0.3) is 0 Å². The van der Waals surface area contributed by atoms with Crippen LogP contribution in [0.4, 0.5) is 0 Å². The lowest BCUT2D eigenvalue weighted by Gasteiger charge is -2.30. The second kappa shape index (κ2) is 5.52. The number of hydrogen-bond acceptors (Lipinski definition) is 3. The van der Waals surface area contributed by atoms with E-state index < -0.39 is 5.91 Å². The van der Waals surface area contributed by atoms with Gasteiger partial charge in [-0.1, -0.05) is 18.2 Å². The maximum absolute atomic E-state index is 12.0. The summed E-state index contributed by atoms with van der Waals surface area (Å²) in [5, 5.41) is 0.642. The summed E-state index contributed by atoms with van der Waals surface area (Å²) in [7, 11) is 0. The fourth-order valence-corrected chi connectivity index (χ4v) is 3.05. The van der Waals surface area contributed by atoms with Crippen molar-refractivity contribution in [1.82, 2.24) is 14.9 Å². The molecule has 0 saturated carbocycles. The average Bonchev–Trinajstić information content (AvgIpc) is 2.98. The zero-order valence-electron chi connectivity index (χ0n) is 12.7. The molecule has 23 heavy (non-hydrogen) atoms. The van der Waals surface area contributed by atoms with Crippen molar-refractivity contribution in [3.8, 4) is 11.1 Å². The van der Waals surface area contributed by atoms with E-state index in [-0.39, 0.29) is 0 Å². The third-order valence-electron chi connectivity index (χ3n) is 4.34. The molecule has 1 aliphatic heterocycles. The van der Waals surface area contributed by atoms with Crippen LogP contribution in [0.5, 0.6) is 0 Å². The van der Waals surface area contributed by atoms with Crippen LogP contribution >= 0.6 is 0 Å². The molecule has 2 aromatic heterocycles. The number of H-pyrrole nitrogens is 1. The Kier molecular flexibility index (Phi) is 3.35. The van der Waals surface area contributed by atoms with E-state index >= 15 is 0 Å². The summed E-state index contributed by atoms with van der Waals surface area (Å²) in [6, 6.07) is 11.2. The van der Waals surface area contributed by atoms with Crippen molar-refractivity contribution < 1.29 is 4.79 Å². The molecule has 1 aromatic carbocycles. The lowest BCUT2D eigenvalue weighted by molar-refractivity contribution is 0.100. The highest BCUT2D eigenvalue weighted by atomic mass is 16.1. The van der Waals surface area contributed by atoms with Gasteiger partial charge in [-0.3, -0.25) is 9.69 Å². The van der Waals surface area contributed by atoms with Crippen molar-refractivity contribution >= 4 is 16.9 Å². The Hall–Kier alpha value is -2.66. The first-order valence-electron chi connectivity index (χ1n) is 7.71. The van der Waals surface area contributed by atoms with Crippen molar-refractivity contribution in [2.45, 2.75) is 13.0 Å². The fraction of sp³-hybridized carbons (Fsp3) is 0.222. The standard InChI is InChI=1S/C18H17N4O/c19-17(23)16-14-5-6-20-18(14)21-10-15(16)13-4-1-3-12(9-13)11-22-7-2-8-22/h1,3-4,6,9-10H,2,7-8,11H2,(H2,19,23)(H,20,21). The summed E-state index contributed by atoms with van der Waals surface area (Å²) in [4.78, 5) is 21.7. The first-order chi connectivity index (χ1) is 11.2. The molecule has 3 heterocycles. The number of hydrogen-bond donors (Lipinski definition) is 2. The minimum absolute atomic E-state index is 0.462. The average molecular weight is 305 g/mol. The van der Waals surface area contributed by atoms with Crippen LogP contribution in [-0.4, -0.2) is 33.9 Å². The molecule has 0 aliphatic carbocycles. The molecule has 4 rings (SSSR count). The normalized spacial score (nSPS) is 14.8. The number of nitrogens with zero attached hydrogens (tertiary/aromatic N) is 2. The Morgan fingerprint density at radius 2 is 2.26 bits per heavy atom. The zero-order valence-corrected chi connectivity index (χ0v) is 12.7. The van der Waals surface area contributed by atoms with Crippen LogP contribution in [0.3, 0.4) is 0 Å². The molecule has 115 valence electrons. The van der Waals surface area contributed by atoms with Gasteiger partial charge in [0, 0.05) is 36.0 Å². The van der Waals surface area contributed by atoms with Crippen LogP contribution in [0.1, 0.15) is 22.3 Å². The number of pyridine rings is 1. The van der Waals surface area contributed by atoms with E-state index in [2.05, 4.69) is 33.1 Å². The van der Waals surface area contributed by atoms with Gasteiger partial charge in [-0.25, -0.2) is 4.98 Å². The smallest absolute Gasteiger partial charge is 0.250 e. The van der Waals surface area contributed by atoms with E-state index in [1.165, 1.54) is 12.0 Å². The van der Waals surface area contributed by atoms with Gasteiger partial charge in [0.2, 0.25) is 5.91 Å². The van der Waals surface area contributed by atoms with Crippen molar-refractivity contribution in [2.75, 3.05) is 13.1 Å². The number of rotatable bonds is 4. The maximum Gasteiger partial charge on any atom is 0.250 e. The number of aromatic nitrogens is 2. The van der Waals surface area contributed by atoms with E-state index in [0.717, 1.165) is 30.8 Å². The van der Waals surface area contributed by atoms with Gasteiger partial charge in [0.05, 0.1) is 5.56 Å². The molecule has 1 saturated heterocycles. The van der Waals surface area contributed by atoms with Crippen LogP contribution in [-0.2, 0) is 6.54 Å². The van der Waals surface area contributed by atoms with Gasteiger partial charge in [0.15, 0.2) is 0 Å². The molecule has 1 aliphatic rings. The Balaban J connectivity index is 1.80. The molecule has 3 aromatic rings. The van der Waals surface area contributed by atoms with E-state index in [4.69, 9.17) is 5.73 Å². The molecular formula is C18H17N4O. The minimum Gasteiger partial charge on any atom is -0.366 e. The summed E-state index contributed by atoms with van der Waals surface area (Å²) in [5.74, 6) is -0.462. The molecule has 0 unspecified atom stereocenters. The second-order valence-electron chi connectivity index (χ2n) is 5.90. The molecule has 1 radical (unpaired) electrons. The minimum atomic E-state index is -0.462. The lowest BCUT2D eigenvalue weighted by Crippen LogP contribution is -2.36. The molecule has 3 N–H and O–H groups in total. The highest BCUT2D eigenvalue weighted by Crippen LogP contribution is 2.29. The number of fused-ring (bicyclic) bond motifs is 1. The quantitative estimate of drug-likeness (QED) is 0.777. The Morgan fingerprint density at radius 3 is 3.00 bits per heavy atom. The molecule has 0 spiro atoms. The number of aromatic amines is 1. The number of carbonyl (C=O) groups excluding carboxylic acids is 1. The van der Waals surface area contributed by atoms with Crippen molar-refractivity contribution in [3.63, 3.8) is 0 Å². The highest BCUT2D eigenvalue weighted by molar-refractivity contribution is 6.10. The third-order valence-corrected chi connectivity index (χ3v) is 4.34. The molecular weight excluding hydrogens is 288 g/mol. The van der Waals surface area contributed by atoms with Gasteiger partial charge in [-0.15, -0.1) is 0 Å². The van der Waals surface area contributed by atoms with Gasteiger partial charge >= 0.3 is 0 Å². The van der Waals surface area contributed by atoms with Gasteiger partial charge < -0.3 is 10.7 Å². The van der Waals surface area contributed by atoms with Crippen LogP contribution in [0.15, 0.2) is 36.7 Å². The van der Waals surface area contributed by atoms with E-state index in [0.29, 0.717) is 16.6 Å². The molecule has 5 heteroatoms. The third kappa shape index (κ3) is 2.49. The Morgan fingerprint density at radius 1 is 1.39 bits per heavy atom. The highest BCUT2D eigenvalue weighted by Gasteiger charge is 2.17. The number of primary amides is 1.